The van der Waals surface area contributed by atoms with E-state index in [4.69, 9.17) is 21.1 Å². The van der Waals surface area contributed by atoms with Crippen molar-refractivity contribution < 1.29 is 17.9 Å². The number of fused-ring (bicyclic) bond motifs is 1. The van der Waals surface area contributed by atoms with E-state index in [1.54, 1.807) is 0 Å². The molecule has 0 unspecified atom stereocenters. The van der Waals surface area contributed by atoms with E-state index in [0.717, 1.165) is 5.56 Å². The summed E-state index contributed by atoms with van der Waals surface area (Å²) in [5.41, 5.74) is 0.891. The monoisotopic (exact) mass is 333 g/mol. The van der Waals surface area contributed by atoms with E-state index >= 15 is 0 Å². The smallest absolute Gasteiger partial charge is 0.231 e. The Labute approximate surface area is 130 Å². The van der Waals surface area contributed by atoms with Crippen molar-refractivity contribution >= 4 is 21.6 Å². The molecular weight excluding hydrogens is 314 g/mol. The summed E-state index contributed by atoms with van der Waals surface area (Å²) in [6.07, 6.45) is 1.30. The van der Waals surface area contributed by atoms with Crippen LogP contribution in [-0.4, -0.2) is 37.7 Å². The zero-order valence-electron chi connectivity index (χ0n) is 12.0. The summed E-state index contributed by atoms with van der Waals surface area (Å²) in [7, 11) is -3.25. The molecule has 1 aliphatic rings. The predicted molar refractivity (Wildman–Crippen MR) is 82.4 cm³/mol. The molecule has 5 nitrogen and oxygen atoms in total. The third-order valence-electron chi connectivity index (χ3n) is 3.33. The lowest BCUT2D eigenvalue weighted by molar-refractivity contribution is 0.174. The Balaban J connectivity index is 2.04. The van der Waals surface area contributed by atoms with E-state index in [1.165, 1.54) is 4.31 Å². The number of unbranched alkanes of at least 4 members (excludes halogenated alkanes) is 1. The van der Waals surface area contributed by atoms with Crippen molar-refractivity contribution in [3.63, 3.8) is 0 Å². The molecule has 1 aliphatic heterocycles. The second kappa shape index (κ2) is 7.33. The highest BCUT2D eigenvalue weighted by Gasteiger charge is 2.21. The highest BCUT2D eigenvalue weighted by atomic mass is 35.5. The molecule has 0 aliphatic carbocycles. The van der Waals surface area contributed by atoms with Crippen LogP contribution in [0.4, 0.5) is 0 Å². The van der Waals surface area contributed by atoms with Gasteiger partial charge in [-0.1, -0.05) is 13.0 Å². The maximum absolute atomic E-state index is 12.3. The van der Waals surface area contributed by atoms with E-state index < -0.39 is 10.0 Å². The molecule has 0 saturated carbocycles. The van der Waals surface area contributed by atoms with Gasteiger partial charge in [-0.3, -0.25) is 0 Å². The third-order valence-corrected chi connectivity index (χ3v) is 5.57. The Morgan fingerprint density at radius 2 is 2.00 bits per heavy atom. The molecule has 0 bridgehead atoms. The molecular formula is C14H20ClNO4S. The quantitative estimate of drug-likeness (QED) is 0.542. The standard InChI is InChI=1S/C14H20ClNO4S/c1-2-16(21(17,18)8-4-3-7-15)10-12-5-6-13-14(9-12)20-11-19-13/h5-6,9H,2-4,7-8,10-11H2,1H3. The van der Waals surface area contributed by atoms with Crippen molar-refractivity contribution in [1.82, 2.24) is 4.31 Å². The van der Waals surface area contributed by atoms with Crippen LogP contribution < -0.4 is 9.47 Å². The summed E-state index contributed by atoms with van der Waals surface area (Å²) in [6, 6.07) is 5.51. The minimum atomic E-state index is -3.25. The fourth-order valence-corrected chi connectivity index (χ4v) is 3.91. The summed E-state index contributed by atoms with van der Waals surface area (Å²) in [5, 5.41) is 0. The molecule has 118 valence electrons. The number of hydrogen-bond donors (Lipinski definition) is 0. The van der Waals surface area contributed by atoms with Gasteiger partial charge in [0.05, 0.1) is 5.75 Å². The van der Waals surface area contributed by atoms with Crippen LogP contribution in [0.2, 0.25) is 0 Å². The number of nitrogens with zero attached hydrogens (tertiary/aromatic N) is 1. The normalized spacial score (nSPS) is 13.9. The van der Waals surface area contributed by atoms with Crippen LogP contribution in [-0.2, 0) is 16.6 Å². The first-order chi connectivity index (χ1) is 10.1. The number of alkyl halides is 1. The Kier molecular flexibility index (Phi) is 5.72. The second-order valence-electron chi connectivity index (χ2n) is 4.83. The molecule has 7 heteroatoms. The Bertz CT molecular complexity index is 576. The molecule has 0 amide bonds. The van der Waals surface area contributed by atoms with Gasteiger partial charge in [-0.15, -0.1) is 11.6 Å². The van der Waals surface area contributed by atoms with Gasteiger partial charge in [-0.05, 0) is 30.5 Å². The van der Waals surface area contributed by atoms with Crippen molar-refractivity contribution in [1.29, 1.82) is 0 Å². The van der Waals surface area contributed by atoms with E-state index in [0.29, 0.717) is 43.3 Å². The SMILES string of the molecule is CCN(Cc1ccc2c(c1)OCO2)S(=O)(=O)CCCCCl. The number of hydrogen-bond acceptors (Lipinski definition) is 4. The van der Waals surface area contributed by atoms with Gasteiger partial charge in [-0.25, -0.2) is 8.42 Å². The van der Waals surface area contributed by atoms with Gasteiger partial charge in [0.2, 0.25) is 16.8 Å². The Morgan fingerprint density at radius 1 is 1.24 bits per heavy atom. The van der Waals surface area contributed by atoms with Crippen LogP contribution >= 0.6 is 11.6 Å². The minimum absolute atomic E-state index is 0.137. The second-order valence-corrected chi connectivity index (χ2v) is 7.29. The van der Waals surface area contributed by atoms with Crippen LogP contribution in [0.1, 0.15) is 25.3 Å². The van der Waals surface area contributed by atoms with Gasteiger partial charge in [0, 0.05) is 19.0 Å². The number of benzene rings is 1. The predicted octanol–water partition coefficient (Wildman–Crippen LogP) is 2.59. The topological polar surface area (TPSA) is 55.8 Å². The summed E-state index contributed by atoms with van der Waals surface area (Å²) >= 11 is 5.59. The molecule has 0 N–H and O–H groups in total. The van der Waals surface area contributed by atoms with E-state index in [-0.39, 0.29) is 12.5 Å². The molecule has 2 rings (SSSR count). The van der Waals surface area contributed by atoms with E-state index in [2.05, 4.69) is 0 Å². The van der Waals surface area contributed by atoms with Gasteiger partial charge < -0.3 is 9.47 Å². The van der Waals surface area contributed by atoms with Crippen LogP contribution in [0, 0.1) is 0 Å². The van der Waals surface area contributed by atoms with Crippen LogP contribution in [0.3, 0.4) is 0 Å². The number of ether oxygens (including phenoxy) is 2. The molecule has 21 heavy (non-hydrogen) atoms. The highest BCUT2D eigenvalue weighted by molar-refractivity contribution is 7.89. The average molecular weight is 334 g/mol. The lowest BCUT2D eigenvalue weighted by Crippen LogP contribution is -2.32. The molecule has 1 aromatic rings. The molecule has 0 fully saturated rings. The first-order valence-electron chi connectivity index (χ1n) is 6.99. The first-order valence-corrected chi connectivity index (χ1v) is 9.13. The third kappa shape index (κ3) is 4.25. The van der Waals surface area contributed by atoms with Crippen molar-refractivity contribution in [3.8, 4) is 11.5 Å². The lowest BCUT2D eigenvalue weighted by Gasteiger charge is -2.20. The number of rotatable bonds is 8. The number of halogens is 1. The van der Waals surface area contributed by atoms with Crippen molar-refractivity contribution in [2.45, 2.75) is 26.3 Å². The first kappa shape index (κ1) is 16.4. The summed E-state index contributed by atoms with van der Waals surface area (Å²) in [5.74, 6) is 2.00. The maximum atomic E-state index is 12.3. The van der Waals surface area contributed by atoms with Gasteiger partial charge >= 0.3 is 0 Å². The van der Waals surface area contributed by atoms with Gasteiger partial charge in [0.15, 0.2) is 11.5 Å². The molecule has 1 heterocycles. The fourth-order valence-electron chi connectivity index (χ4n) is 2.16. The maximum Gasteiger partial charge on any atom is 0.231 e. The summed E-state index contributed by atoms with van der Waals surface area (Å²) < 4.78 is 36.7. The van der Waals surface area contributed by atoms with Crippen molar-refractivity contribution in [3.05, 3.63) is 23.8 Å². The molecule has 0 atom stereocenters. The molecule has 0 radical (unpaired) electrons. The zero-order valence-corrected chi connectivity index (χ0v) is 13.6. The largest absolute Gasteiger partial charge is 0.454 e. The van der Waals surface area contributed by atoms with Gasteiger partial charge in [0.25, 0.3) is 0 Å². The summed E-state index contributed by atoms with van der Waals surface area (Å²) in [4.78, 5) is 0. The molecule has 0 aromatic heterocycles. The van der Waals surface area contributed by atoms with E-state index in [9.17, 15) is 8.42 Å². The Morgan fingerprint density at radius 3 is 2.71 bits per heavy atom. The lowest BCUT2D eigenvalue weighted by atomic mass is 10.2. The van der Waals surface area contributed by atoms with Gasteiger partial charge in [-0.2, -0.15) is 4.31 Å². The number of sulfonamides is 1. The van der Waals surface area contributed by atoms with Crippen LogP contribution in [0.25, 0.3) is 0 Å². The Hall–Kier alpha value is -0.980. The zero-order chi connectivity index (χ0) is 15.3. The van der Waals surface area contributed by atoms with Crippen LogP contribution in [0.15, 0.2) is 18.2 Å². The minimum Gasteiger partial charge on any atom is -0.454 e. The highest BCUT2D eigenvalue weighted by Crippen LogP contribution is 2.33. The van der Waals surface area contributed by atoms with E-state index in [1.807, 2.05) is 25.1 Å². The molecule has 1 aromatic carbocycles. The molecule has 0 saturated heterocycles. The van der Waals surface area contributed by atoms with Gasteiger partial charge in [0.1, 0.15) is 0 Å². The average Bonchev–Trinajstić information content (AvgIpc) is 2.92. The van der Waals surface area contributed by atoms with Crippen molar-refractivity contribution in [2.75, 3.05) is 25.0 Å². The van der Waals surface area contributed by atoms with Crippen LogP contribution in [0.5, 0.6) is 11.5 Å². The summed E-state index contributed by atoms with van der Waals surface area (Å²) in [6.45, 7) is 2.84. The fraction of sp³-hybridized carbons (Fsp3) is 0.571. The molecule has 0 spiro atoms. The van der Waals surface area contributed by atoms with Crippen molar-refractivity contribution in [2.24, 2.45) is 0 Å².